The van der Waals surface area contributed by atoms with E-state index in [0.29, 0.717) is 5.69 Å². The van der Waals surface area contributed by atoms with Crippen molar-refractivity contribution in [2.45, 2.75) is 0 Å². The van der Waals surface area contributed by atoms with Gasteiger partial charge in [0.2, 0.25) is 11.0 Å². The molecule has 1 rings (SSSR count). The Morgan fingerprint density at radius 2 is 1.82 bits per heavy atom. The Labute approximate surface area is 97.5 Å². The molecule has 0 atom stereocenters. The van der Waals surface area contributed by atoms with Crippen LogP contribution in [0.5, 0.6) is 0 Å². The van der Waals surface area contributed by atoms with Gasteiger partial charge in [-0.3, -0.25) is 0 Å². The van der Waals surface area contributed by atoms with Gasteiger partial charge in [0.15, 0.2) is 0 Å². The van der Waals surface area contributed by atoms with Crippen molar-refractivity contribution in [3.8, 4) is 0 Å². The molecule has 1 radical (unpaired) electrons. The Hall–Kier alpha value is -0.203. The molecule has 0 unspecified atom stereocenters. The first-order valence-corrected chi connectivity index (χ1v) is 2.72. The molecule has 0 aliphatic heterocycles. The normalized spacial score (nSPS) is 10.4. The smallest absolute Gasteiger partial charge is 0.592 e. The fourth-order valence-electron chi connectivity index (χ4n) is 0.607. The quantitative estimate of drug-likeness (QED) is 0.482. The van der Waals surface area contributed by atoms with Gasteiger partial charge < -0.3 is 10.4 Å². The summed E-state index contributed by atoms with van der Waals surface area (Å²) in [4.78, 5) is 0.139. The molecular formula is C6H6CeN2O2+3. The topological polar surface area (TPSA) is 58.7 Å². The van der Waals surface area contributed by atoms with E-state index in [4.69, 9.17) is 5.21 Å². The Balaban J connectivity index is 0.000001000. The predicted molar refractivity (Wildman–Crippen MR) is 33.9 cm³/mol. The molecule has 0 fully saturated rings. The van der Waals surface area contributed by atoms with Crippen LogP contribution < -0.4 is 0 Å². The molecule has 0 aliphatic rings. The largest absolute Gasteiger partial charge is 3.00 e. The summed E-state index contributed by atoms with van der Waals surface area (Å²) >= 11 is 0. The van der Waals surface area contributed by atoms with E-state index in [9.17, 15) is 5.21 Å². The van der Waals surface area contributed by atoms with E-state index >= 15 is 0 Å². The van der Waals surface area contributed by atoms with Gasteiger partial charge in [0.25, 0.3) is 0 Å². The maximum atomic E-state index is 10.5. The molecule has 0 heterocycles. The van der Waals surface area contributed by atoms with Crippen LogP contribution in [-0.4, -0.2) is 10.1 Å². The Morgan fingerprint density at radius 1 is 1.27 bits per heavy atom. The zero-order valence-corrected chi connectivity index (χ0v) is 8.78. The van der Waals surface area contributed by atoms with E-state index in [1.807, 2.05) is 0 Å². The molecule has 1 N–H and O–H groups in total. The number of benzene rings is 1. The Kier molecular flexibility index (Phi) is 5.35. The van der Waals surface area contributed by atoms with Crippen LogP contribution in [-0.2, 0) is 0 Å². The molecule has 5 heteroatoms. The molecule has 0 bridgehead atoms. The van der Waals surface area contributed by atoms with Crippen molar-refractivity contribution in [3.63, 3.8) is 0 Å². The molecule has 0 amide bonds. The van der Waals surface area contributed by atoms with Gasteiger partial charge in [0.1, 0.15) is 0 Å². The first-order chi connectivity index (χ1) is 4.84. The predicted octanol–water partition coefficient (Wildman–Crippen LogP) is 1.67. The summed E-state index contributed by atoms with van der Waals surface area (Å²) in [6.45, 7) is 0. The van der Waals surface area contributed by atoms with E-state index in [0.717, 1.165) is 0 Å². The third-order valence-corrected chi connectivity index (χ3v) is 1.06. The minimum absolute atomic E-state index is 0. The minimum Gasteiger partial charge on any atom is -0.592 e. The fourth-order valence-corrected chi connectivity index (χ4v) is 0.607. The second kappa shape index (κ2) is 5.45. The first kappa shape index (κ1) is 10.8. The van der Waals surface area contributed by atoms with Crippen LogP contribution in [0.3, 0.4) is 0 Å². The number of hydrogen-bond acceptors (Lipinski definition) is 2. The maximum Gasteiger partial charge on any atom is 3.00 e. The van der Waals surface area contributed by atoms with Crippen molar-refractivity contribution >= 4 is 5.69 Å². The van der Waals surface area contributed by atoms with Crippen LogP contribution in [0.15, 0.2) is 35.6 Å². The molecule has 4 nitrogen and oxygen atoms in total. The van der Waals surface area contributed by atoms with Gasteiger partial charge in [-0.1, -0.05) is 18.2 Å². The summed E-state index contributed by atoms with van der Waals surface area (Å²) in [5.74, 6) is 0. The fraction of sp³-hybridized carbons (Fsp3) is 0. The van der Waals surface area contributed by atoms with Crippen LogP contribution in [0.1, 0.15) is 0 Å². The summed E-state index contributed by atoms with van der Waals surface area (Å²) in [5, 5.41) is 21.0. The minimum atomic E-state index is 0. The van der Waals surface area contributed by atoms with Crippen LogP contribution in [0.4, 0.5) is 5.69 Å². The van der Waals surface area contributed by atoms with Crippen LogP contribution in [0.2, 0.25) is 0 Å². The summed E-state index contributed by atoms with van der Waals surface area (Å²) in [6, 6.07) is 8.24. The molecule has 1 aromatic carbocycles. The van der Waals surface area contributed by atoms with Gasteiger partial charge in [0.05, 0.1) is 0 Å². The van der Waals surface area contributed by atoms with Crippen molar-refractivity contribution in [3.05, 3.63) is 35.5 Å². The van der Waals surface area contributed by atoms with E-state index in [-0.39, 0.29) is 46.6 Å². The van der Waals surface area contributed by atoms with Crippen molar-refractivity contribution < 1.29 is 51.8 Å². The van der Waals surface area contributed by atoms with Crippen LogP contribution >= 0.6 is 0 Å². The van der Waals surface area contributed by atoms with E-state index in [1.54, 1.807) is 30.3 Å². The van der Waals surface area contributed by atoms with Crippen molar-refractivity contribution in [2.24, 2.45) is 5.28 Å². The van der Waals surface area contributed by atoms with Gasteiger partial charge in [-0.2, -0.15) is 0 Å². The number of para-hydroxylation sites is 1. The number of rotatable bonds is 1. The van der Waals surface area contributed by atoms with Crippen molar-refractivity contribution in [2.75, 3.05) is 0 Å². The molecule has 0 saturated carbocycles. The zero-order valence-electron chi connectivity index (χ0n) is 5.64. The van der Waals surface area contributed by atoms with Crippen LogP contribution in [0, 0.1) is 47.0 Å². The third-order valence-electron chi connectivity index (χ3n) is 1.06. The summed E-state index contributed by atoms with van der Waals surface area (Å²) in [6.07, 6.45) is 0. The van der Waals surface area contributed by atoms with Gasteiger partial charge in [-0.05, 0) is 4.86 Å². The first-order valence-electron chi connectivity index (χ1n) is 2.72. The molecule has 0 saturated heterocycles. The zero-order chi connectivity index (χ0) is 7.40. The summed E-state index contributed by atoms with van der Waals surface area (Å²) < 4.78 is 0. The standard InChI is InChI=1S/C6H6N2O2.Ce/c9-7-8(10)6-4-2-1-3-5-6;/h1-5,9H;/q;+3. The summed E-state index contributed by atoms with van der Waals surface area (Å²) in [5.41, 5.74) is 0.310. The van der Waals surface area contributed by atoms with Gasteiger partial charge in [-0.15, -0.1) is 0 Å². The van der Waals surface area contributed by atoms with Crippen molar-refractivity contribution in [1.82, 2.24) is 0 Å². The molecule has 1 aromatic rings. The number of nitrogens with zero attached hydrogens (tertiary/aromatic N) is 2. The third kappa shape index (κ3) is 3.13. The second-order valence-electron chi connectivity index (χ2n) is 1.70. The summed E-state index contributed by atoms with van der Waals surface area (Å²) in [7, 11) is 0. The second-order valence-corrected chi connectivity index (χ2v) is 1.70. The molecule has 11 heavy (non-hydrogen) atoms. The maximum absolute atomic E-state index is 10.5. The van der Waals surface area contributed by atoms with Crippen molar-refractivity contribution in [1.29, 1.82) is 0 Å². The van der Waals surface area contributed by atoms with E-state index in [2.05, 4.69) is 5.28 Å². The Bertz CT molecular complexity index is 238. The van der Waals surface area contributed by atoms with E-state index in [1.165, 1.54) is 0 Å². The van der Waals surface area contributed by atoms with Gasteiger partial charge in [0, 0.05) is 12.1 Å². The van der Waals surface area contributed by atoms with E-state index < -0.39 is 0 Å². The van der Waals surface area contributed by atoms with Gasteiger partial charge >= 0.3 is 41.7 Å². The molecule has 53 valence electrons. The molecule has 0 aromatic heterocycles. The number of hydrogen-bond donors (Lipinski definition) is 1. The van der Waals surface area contributed by atoms with Crippen LogP contribution in [0.25, 0.3) is 0 Å². The molecule has 0 aliphatic carbocycles. The SMILES string of the molecule is [Ce+3].[O-][N+](=NO)c1ccccc1. The molecule has 0 spiro atoms. The monoisotopic (exact) mass is 278 g/mol. The average molecular weight is 278 g/mol. The van der Waals surface area contributed by atoms with Gasteiger partial charge in [-0.25, -0.2) is 0 Å². The molecular weight excluding hydrogens is 272 g/mol. The Morgan fingerprint density at radius 3 is 2.27 bits per heavy atom. The average Bonchev–Trinajstić information content (AvgIpc) is 2.05.